The molecule has 4 nitrogen and oxygen atoms in total. The minimum absolute atomic E-state index is 0.0634. The van der Waals surface area contributed by atoms with Crippen molar-refractivity contribution >= 4 is 5.82 Å². The van der Waals surface area contributed by atoms with E-state index in [-0.39, 0.29) is 5.41 Å². The first-order valence-corrected chi connectivity index (χ1v) is 7.77. The van der Waals surface area contributed by atoms with E-state index in [1.165, 1.54) is 12.8 Å². The largest absolute Gasteiger partial charge is 0.378 e. The van der Waals surface area contributed by atoms with E-state index in [4.69, 9.17) is 9.72 Å². The predicted octanol–water partition coefficient (Wildman–Crippen LogP) is 3.55. The number of hydrogen-bond acceptors (Lipinski definition) is 4. The molecule has 1 aliphatic carbocycles. The topological polar surface area (TPSA) is 38.2 Å². The summed E-state index contributed by atoms with van der Waals surface area (Å²) in [6.07, 6.45) is 2.61. The van der Waals surface area contributed by atoms with E-state index in [0.29, 0.717) is 18.1 Å². The van der Waals surface area contributed by atoms with Gasteiger partial charge in [0.1, 0.15) is 11.6 Å². The van der Waals surface area contributed by atoms with Gasteiger partial charge < -0.3 is 9.64 Å². The summed E-state index contributed by atoms with van der Waals surface area (Å²) in [4.78, 5) is 11.8. The summed E-state index contributed by atoms with van der Waals surface area (Å²) < 4.78 is 5.26. The highest BCUT2D eigenvalue weighted by atomic mass is 16.5. The molecule has 0 N–H and O–H groups in total. The van der Waals surface area contributed by atoms with Gasteiger partial charge in [0, 0.05) is 31.7 Å². The van der Waals surface area contributed by atoms with Crippen molar-refractivity contribution in [2.75, 3.05) is 19.1 Å². The van der Waals surface area contributed by atoms with E-state index < -0.39 is 0 Å². The van der Waals surface area contributed by atoms with Crippen molar-refractivity contribution in [2.24, 2.45) is 5.41 Å². The maximum absolute atomic E-state index is 5.26. The van der Waals surface area contributed by atoms with Crippen molar-refractivity contribution in [2.45, 2.75) is 65.5 Å². The van der Waals surface area contributed by atoms with Gasteiger partial charge in [-0.1, -0.05) is 27.7 Å². The van der Waals surface area contributed by atoms with Gasteiger partial charge in [-0.2, -0.15) is 0 Å². The van der Waals surface area contributed by atoms with Gasteiger partial charge in [0.15, 0.2) is 0 Å². The zero-order chi connectivity index (χ0) is 15.8. The molecule has 0 aliphatic heterocycles. The molecule has 1 heterocycles. The first-order valence-electron chi connectivity index (χ1n) is 7.77. The van der Waals surface area contributed by atoms with Gasteiger partial charge in [0.05, 0.1) is 12.3 Å². The number of rotatable bonds is 5. The second-order valence-electron chi connectivity index (χ2n) is 7.67. The Balaban J connectivity index is 2.35. The van der Waals surface area contributed by atoms with Crippen molar-refractivity contribution in [3.63, 3.8) is 0 Å². The lowest BCUT2D eigenvalue weighted by Gasteiger charge is -2.32. The summed E-state index contributed by atoms with van der Waals surface area (Å²) in [5.41, 5.74) is 1.32. The minimum Gasteiger partial charge on any atom is -0.378 e. The van der Waals surface area contributed by atoms with Gasteiger partial charge in [-0.3, -0.25) is 0 Å². The fourth-order valence-corrected chi connectivity index (χ4v) is 2.50. The molecule has 1 aromatic rings. The molecular weight excluding hydrogens is 262 g/mol. The Morgan fingerprint density at radius 2 is 1.95 bits per heavy atom. The molecule has 0 aromatic carbocycles. The molecule has 1 atom stereocenters. The van der Waals surface area contributed by atoms with Crippen LogP contribution in [-0.4, -0.2) is 30.2 Å². The van der Waals surface area contributed by atoms with Crippen LogP contribution in [0.5, 0.6) is 0 Å². The third-order valence-corrected chi connectivity index (χ3v) is 4.72. The molecule has 21 heavy (non-hydrogen) atoms. The maximum atomic E-state index is 5.26. The van der Waals surface area contributed by atoms with Gasteiger partial charge in [-0.25, -0.2) is 9.97 Å². The Morgan fingerprint density at radius 3 is 2.43 bits per heavy atom. The lowest BCUT2D eigenvalue weighted by atomic mass is 9.95. The summed E-state index contributed by atoms with van der Waals surface area (Å²) >= 11 is 0. The van der Waals surface area contributed by atoms with Gasteiger partial charge in [-0.15, -0.1) is 0 Å². The normalized spacial score (nSPS) is 18.4. The van der Waals surface area contributed by atoms with Crippen LogP contribution in [0.15, 0.2) is 6.07 Å². The zero-order valence-electron chi connectivity index (χ0n) is 14.5. The van der Waals surface area contributed by atoms with Crippen LogP contribution < -0.4 is 4.90 Å². The van der Waals surface area contributed by atoms with Gasteiger partial charge >= 0.3 is 0 Å². The standard InChI is InChI=1S/C17H29N3O/c1-12(17(5)8-9-17)20(6)14-10-13(11-21-7)18-15(19-14)16(2,3)4/h10,12H,8-9,11H2,1-7H3. The third-order valence-electron chi connectivity index (χ3n) is 4.72. The van der Waals surface area contributed by atoms with Crippen LogP contribution in [0.2, 0.25) is 0 Å². The van der Waals surface area contributed by atoms with Crippen LogP contribution in [0.3, 0.4) is 0 Å². The Bertz CT molecular complexity index is 503. The quantitative estimate of drug-likeness (QED) is 0.831. The molecule has 0 spiro atoms. The van der Waals surface area contributed by atoms with Crippen molar-refractivity contribution < 1.29 is 4.74 Å². The molecule has 2 rings (SSSR count). The van der Waals surface area contributed by atoms with Crippen LogP contribution >= 0.6 is 0 Å². The van der Waals surface area contributed by atoms with E-state index in [9.17, 15) is 0 Å². The van der Waals surface area contributed by atoms with Crippen LogP contribution in [-0.2, 0) is 16.8 Å². The monoisotopic (exact) mass is 291 g/mol. The highest BCUT2D eigenvalue weighted by Crippen LogP contribution is 2.50. The van der Waals surface area contributed by atoms with E-state index in [0.717, 1.165) is 17.3 Å². The summed E-state index contributed by atoms with van der Waals surface area (Å²) in [5, 5.41) is 0. The zero-order valence-corrected chi connectivity index (χ0v) is 14.5. The maximum Gasteiger partial charge on any atom is 0.136 e. The number of anilines is 1. The molecule has 0 amide bonds. The third kappa shape index (κ3) is 3.54. The molecule has 1 saturated carbocycles. The van der Waals surface area contributed by atoms with Crippen molar-refractivity contribution in [3.8, 4) is 0 Å². The van der Waals surface area contributed by atoms with Gasteiger partial charge in [0.25, 0.3) is 0 Å². The van der Waals surface area contributed by atoms with E-state index in [2.05, 4.69) is 57.6 Å². The number of nitrogens with zero attached hydrogens (tertiary/aromatic N) is 3. The Morgan fingerprint density at radius 1 is 1.33 bits per heavy atom. The second kappa shape index (κ2) is 5.56. The SMILES string of the molecule is COCc1cc(N(C)C(C)C2(C)CC2)nc(C(C)(C)C)n1. The van der Waals surface area contributed by atoms with Gasteiger partial charge in [0.2, 0.25) is 0 Å². The minimum atomic E-state index is -0.0634. The average molecular weight is 291 g/mol. The fourth-order valence-electron chi connectivity index (χ4n) is 2.50. The Hall–Kier alpha value is -1.16. The lowest BCUT2D eigenvalue weighted by Crippen LogP contribution is -2.36. The second-order valence-corrected chi connectivity index (χ2v) is 7.67. The number of hydrogen-bond donors (Lipinski definition) is 0. The molecule has 0 saturated heterocycles. The van der Waals surface area contributed by atoms with Crippen molar-refractivity contribution in [1.82, 2.24) is 9.97 Å². The van der Waals surface area contributed by atoms with E-state index in [1.54, 1.807) is 7.11 Å². The summed E-state index contributed by atoms with van der Waals surface area (Å²) in [6, 6.07) is 2.54. The average Bonchev–Trinajstić information content (AvgIpc) is 3.15. The Labute approximate surface area is 128 Å². The molecule has 1 aromatic heterocycles. The van der Waals surface area contributed by atoms with Crippen LogP contribution in [0, 0.1) is 5.41 Å². The lowest BCUT2D eigenvalue weighted by molar-refractivity contribution is 0.181. The van der Waals surface area contributed by atoms with E-state index >= 15 is 0 Å². The smallest absolute Gasteiger partial charge is 0.136 e. The fraction of sp³-hybridized carbons (Fsp3) is 0.765. The summed E-state index contributed by atoms with van der Waals surface area (Å²) in [5.74, 6) is 1.88. The molecule has 1 unspecified atom stereocenters. The van der Waals surface area contributed by atoms with Crippen molar-refractivity contribution in [1.29, 1.82) is 0 Å². The van der Waals surface area contributed by atoms with Crippen LogP contribution in [0.25, 0.3) is 0 Å². The molecule has 118 valence electrons. The predicted molar refractivity (Wildman–Crippen MR) is 86.7 cm³/mol. The molecule has 1 fully saturated rings. The molecule has 0 bridgehead atoms. The molecule has 1 aliphatic rings. The number of methoxy groups -OCH3 is 1. The highest BCUT2D eigenvalue weighted by Gasteiger charge is 2.44. The summed E-state index contributed by atoms with van der Waals surface area (Å²) in [7, 11) is 3.84. The number of ether oxygens (including phenoxy) is 1. The first-order chi connectivity index (χ1) is 9.67. The van der Waals surface area contributed by atoms with Crippen molar-refractivity contribution in [3.05, 3.63) is 17.6 Å². The molecule has 0 radical (unpaired) electrons. The molecule has 4 heteroatoms. The molecular formula is C17H29N3O. The summed E-state index contributed by atoms with van der Waals surface area (Å²) in [6.45, 7) is 11.6. The highest BCUT2D eigenvalue weighted by molar-refractivity contribution is 5.42. The number of aromatic nitrogens is 2. The van der Waals surface area contributed by atoms with Crippen LogP contribution in [0.4, 0.5) is 5.82 Å². The van der Waals surface area contributed by atoms with Crippen LogP contribution in [0.1, 0.15) is 59.0 Å². The Kier molecular flexibility index (Phi) is 4.29. The first kappa shape index (κ1) is 16.2. The van der Waals surface area contributed by atoms with Gasteiger partial charge in [-0.05, 0) is 25.2 Å². The van der Waals surface area contributed by atoms with E-state index in [1.807, 2.05) is 0 Å².